The lowest BCUT2D eigenvalue weighted by molar-refractivity contribution is -0.164. The van der Waals surface area contributed by atoms with E-state index in [2.05, 4.69) is 12.2 Å². The number of carbonyl (C=O) groups is 2. The Morgan fingerprint density at radius 3 is 2.06 bits per heavy atom. The van der Waals surface area contributed by atoms with E-state index in [1.54, 1.807) is 12.1 Å². The fourth-order valence-corrected chi connectivity index (χ4v) is 4.40. The smallest absolute Gasteiger partial charge is 0.321 e. The first-order chi connectivity index (χ1) is 14.8. The summed E-state index contributed by atoms with van der Waals surface area (Å²) in [6, 6.07) is 3.00. The highest BCUT2D eigenvalue weighted by Gasteiger charge is 2.51. The predicted octanol–water partition coefficient (Wildman–Crippen LogP) is 5.10. The van der Waals surface area contributed by atoms with Crippen LogP contribution in [0.2, 0.25) is 0 Å². The predicted molar refractivity (Wildman–Crippen MR) is 115 cm³/mol. The van der Waals surface area contributed by atoms with Gasteiger partial charge in [-0.3, -0.25) is 9.59 Å². The summed E-state index contributed by atoms with van der Waals surface area (Å²) in [7, 11) is 0. The summed E-state index contributed by atoms with van der Waals surface area (Å²) in [6.07, 6.45) is 9.13. The van der Waals surface area contributed by atoms with Crippen LogP contribution in [-0.2, 0) is 22.4 Å². The third-order valence-electron chi connectivity index (χ3n) is 6.45. The number of hydrogen-bond acceptors (Lipinski definition) is 3. The van der Waals surface area contributed by atoms with Crippen LogP contribution in [0.4, 0.5) is 8.78 Å². The maximum atomic E-state index is 14.5. The molecule has 0 heterocycles. The van der Waals surface area contributed by atoms with Gasteiger partial charge in [-0.05, 0) is 56.2 Å². The number of benzene rings is 1. The fourth-order valence-electron chi connectivity index (χ4n) is 4.40. The second-order valence-electron chi connectivity index (χ2n) is 8.72. The molecule has 1 unspecified atom stereocenters. The first-order valence-corrected chi connectivity index (χ1v) is 11.5. The third-order valence-corrected chi connectivity index (χ3v) is 6.45. The van der Waals surface area contributed by atoms with Crippen molar-refractivity contribution in [1.29, 1.82) is 0 Å². The molecule has 1 aromatic carbocycles. The molecule has 1 aliphatic rings. The molecule has 0 aromatic heterocycles. The van der Waals surface area contributed by atoms with Gasteiger partial charge in [-0.1, -0.05) is 57.6 Å². The van der Waals surface area contributed by atoms with Crippen molar-refractivity contribution >= 4 is 11.9 Å². The van der Waals surface area contributed by atoms with E-state index >= 15 is 0 Å². The van der Waals surface area contributed by atoms with Gasteiger partial charge in [-0.2, -0.15) is 0 Å². The minimum Gasteiger partial charge on any atom is -0.480 e. The summed E-state index contributed by atoms with van der Waals surface area (Å²) in [5.41, 5.74) is -1.08. The highest BCUT2D eigenvalue weighted by Crippen LogP contribution is 2.39. The number of unbranched alkanes of at least 4 members (excludes halogenated alkanes) is 6. The van der Waals surface area contributed by atoms with Gasteiger partial charge in [0.15, 0.2) is 17.0 Å². The maximum absolute atomic E-state index is 14.5. The minimum absolute atomic E-state index is 0.00804. The van der Waals surface area contributed by atoms with Crippen molar-refractivity contribution in [2.24, 2.45) is 5.41 Å². The fraction of sp³-hybridized carbons (Fsp3) is 0.667. The lowest BCUT2D eigenvalue weighted by Crippen LogP contribution is -2.39. The van der Waals surface area contributed by atoms with E-state index in [0.29, 0.717) is 24.9 Å². The first-order valence-electron chi connectivity index (χ1n) is 11.5. The zero-order chi connectivity index (χ0) is 22.9. The zero-order valence-electron chi connectivity index (χ0n) is 18.4. The van der Waals surface area contributed by atoms with Crippen molar-refractivity contribution in [3.05, 3.63) is 34.9 Å². The Morgan fingerprint density at radius 1 is 0.968 bits per heavy atom. The van der Waals surface area contributed by atoms with Crippen LogP contribution in [0.3, 0.4) is 0 Å². The van der Waals surface area contributed by atoms with Crippen molar-refractivity contribution in [2.75, 3.05) is 6.54 Å². The second-order valence-corrected chi connectivity index (χ2v) is 8.72. The number of hydrogen-bond donors (Lipinski definition) is 3. The van der Waals surface area contributed by atoms with E-state index in [1.807, 2.05) is 0 Å². The molecule has 0 radical (unpaired) electrons. The molecule has 174 valence electrons. The standard InChI is InChI=1S/C24H35F2NO4/c1-2-3-4-5-6-7-8-9-17-10-11-18(21(26)20(17)25)13-15-27-19-12-14-24(16-19,22(28)29)23(30)31/h10-11,19,27H,2-9,12-16H2,1H3,(H,28,29)(H,30,31). The average molecular weight is 440 g/mol. The van der Waals surface area contributed by atoms with Gasteiger partial charge >= 0.3 is 11.9 Å². The van der Waals surface area contributed by atoms with Gasteiger partial charge in [0.25, 0.3) is 0 Å². The van der Waals surface area contributed by atoms with Gasteiger partial charge in [0.05, 0.1) is 0 Å². The van der Waals surface area contributed by atoms with Crippen LogP contribution < -0.4 is 5.32 Å². The van der Waals surface area contributed by atoms with Gasteiger partial charge in [0, 0.05) is 6.04 Å². The second kappa shape index (κ2) is 12.1. The summed E-state index contributed by atoms with van der Waals surface area (Å²) in [4.78, 5) is 22.7. The van der Waals surface area contributed by atoms with Crippen molar-refractivity contribution in [1.82, 2.24) is 5.32 Å². The van der Waals surface area contributed by atoms with Gasteiger partial charge in [0.1, 0.15) is 0 Å². The number of halogens is 2. The summed E-state index contributed by atoms with van der Waals surface area (Å²) < 4.78 is 28.9. The van der Waals surface area contributed by atoms with Crippen LogP contribution in [0, 0.1) is 17.0 Å². The SMILES string of the molecule is CCCCCCCCCc1ccc(CCNC2CCC(C(=O)O)(C(=O)O)C2)c(F)c1F. The Hall–Kier alpha value is -2.02. The molecule has 3 N–H and O–H groups in total. The van der Waals surface area contributed by atoms with Gasteiger partial charge < -0.3 is 15.5 Å². The van der Waals surface area contributed by atoms with E-state index in [-0.39, 0.29) is 30.9 Å². The zero-order valence-corrected chi connectivity index (χ0v) is 18.4. The monoisotopic (exact) mass is 439 g/mol. The number of carboxylic acids is 2. The molecule has 0 saturated heterocycles. The van der Waals surface area contributed by atoms with Gasteiger partial charge in [-0.25, -0.2) is 8.78 Å². The molecular formula is C24H35F2NO4. The van der Waals surface area contributed by atoms with Crippen LogP contribution in [0.25, 0.3) is 0 Å². The van der Waals surface area contributed by atoms with E-state index in [9.17, 15) is 28.6 Å². The Kier molecular flexibility index (Phi) is 9.88. The Morgan fingerprint density at radius 2 is 1.52 bits per heavy atom. The van der Waals surface area contributed by atoms with Gasteiger partial charge in [-0.15, -0.1) is 0 Å². The molecule has 31 heavy (non-hydrogen) atoms. The lowest BCUT2D eigenvalue weighted by Gasteiger charge is -2.19. The third kappa shape index (κ3) is 6.73. The number of aryl methyl sites for hydroxylation is 1. The maximum Gasteiger partial charge on any atom is 0.321 e. The first kappa shape index (κ1) is 25.2. The van der Waals surface area contributed by atoms with E-state index in [0.717, 1.165) is 19.3 Å². The average Bonchev–Trinajstić information content (AvgIpc) is 3.18. The normalized spacial score (nSPS) is 17.7. The molecule has 1 aliphatic carbocycles. The van der Waals surface area contributed by atoms with Crippen LogP contribution in [0.15, 0.2) is 12.1 Å². The summed E-state index contributed by atoms with van der Waals surface area (Å²) >= 11 is 0. The molecule has 1 saturated carbocycles. The number of carboxylic acid groups (broad SMARTS) is 2. The quantitative estimate of drug-likeness (QED) is 0.277. The Labute approximate surface area is 183 Å². The van der Waals surface area contributed by atoms with Crippen molar-refractivity contribution in [3.63, 3.8) is 0 Å². The van der Waals surface area contributed by atoms with Crippen molar-refractivity contribution in [3.8, 4) is 0 Å². The summed E-state index contributed by atoms with van der Waals surface area (Å²) in [6.45, 7) is 2.50. The molecule has 7 heteroatoms. The molecular weight excluding hydrogens is 404 g/mol. The largest absolute Gasteiger partial charge is 0.480 e. The number of rotatable bonds is 14. The molecule has 1 atom stereocenters. The topological polar surface area (TPSA) is 86.6 Å². The van der Waals surface area contributed by atoms with Gasteiger partial charge in [0.2, 0.25) is 0 Å². The van der Waals surface area contributed by atoms with E-state index in [4.69, 9.17) is 0 Å². The molecule has 0 aliphatic heterocycles. The summed E-state index contributed by atoms with van der Waals surface area (Å²) in [5.74, 6) is -4.25. The number of aliphatic carboxylic acids is 2. The Bertz CT molecular complexity index is 739. The summed E-state index contributed by atoms with van der Waals surface area (Å²) in [5, 5.41) is 21.7. The van der Waals surface area contributed by atoms with Crippen LogP contribution in [0.5, 0.6) is 0 Å². The molecule has 2 rings (SSSR count). The lowest BCUT2D eigenvalue weighted by atomic mass is 9.86. The number of nitrogens with one attached hydrogen (secondary N) is 1. The highest BCUT2D eigenvalue weighted by atomic mass is 19.2. The van der Waals surface area contributed by atoms with Crippen LogP contribution >= 0.6 is 0 Å². The molecule has 1 aromatic rings. The van der Waals surface area contributed by atoms with E-state index < -0.39 is 29.0 Å². The molecule has 5 nitrogen and oxygen atoms in total. The van der Waals surface area contributed by atoms with Crippen molar-refractivity contribution in [2.45, 2.75) is 90.0 Å². The highest BCUT2D eigenvalue weighted by molar-refractivity contribution is 5.98. The van der Waals surface area contributed by atoms with Crippen LogP contribution in [0.1, 0.15) is 82.3 Å². The molecule has 0 bridgehead atoms. The van der Waals surface area contributed by atoms with Crippen LogP contribution in [-0.4, -0.2) is 34.7 Å². The van der Waals surface area contributed by atoms with E-state index in [1.165, 1.54) is 25.7 Å². The van der Waals surface area contributed by atoms with Crippen molar-refractivity contribution < 1.29 is 28.6 Å². The molecule has 0 spiro atoms. The Balaban J connectivity index is 1.78. The molecule has 0 amide bonds. The minimum atomic E-state index is -1.76. The molecule has 1 fully saturated rings.